The molecule has 3 N–H and O–H groups in total. The second-order valence-electron chi connectivity index (χ2n) is 4.75. The zero-order valence-corrected chi connectivity index (χ0v) is 15.6. The summed E-state index contributed by atoms with van der Waals surface area (Å²) < 4.78 is 10.4. The van der Waals surface area contributed by atoms with Crippen LogP contribution in [0.1, 0.15) is 15.9 Å². The number of hydrogen-bond donors (Lipinski definition) is 3. The van der Waals surface area contributed by atoms with Gasteiger partial charge in [0, 0.05) is 16.1 Å². The van der Waals surface area contributed by atoms with Gasteiger partial charge in [-0.15, -0.1) is 0 Å². The molecule has 132 valence electrons. The highest BCUT2D eigenvalue weighted by Crippen LogP contribution is 2.37. The molecule has 0 atom stereocenters. The predicted octanol–water partition coefficient (Wildman–Crippen LogP) is 3.29. The van der Waals surface area contributed by atoms with Crippen LogP contribution in [0.5, 0.6) is 23.0 Å². The van der Waals surface area contributed by atoms with Gasteiger partial charge in [-0.05, 0) is 40.2 Å². The van der Waals surface area contributed by atoms with Crippen LogP contribution < -0.4 is 14.9 Å². The molecule has 0 aliphatic rings. The molecule has 0 heterocycles. The van der Waals surface area contributed by atoms with Crippen molar-refractivity contribution in [1.29, 1.82) is 0 Å². The molecule has 9 heteroatoms. The van der Waals surface area contributed by atoms with Gasteiger partial charge < -0.3 is 19.7 Å². The highest BCUT2D eigenvalue weighted by Gasteiger charge is 2.15. The number of hydrazone groups is 1. The van der Waals surface area contributed by atoms with Gasteiger partial charge in [0.15, 0.2) is 11.5 Å². The Balaban J connectivity index is 2.21. The van der Waals surface area contributed by atoms with Gasteiger partial charge >= 0.3 is 0 Å². The highest BCUT2D eigenvalue weighted by atomic mass is 79.9. The minimum Gasteiger partial charge on any atom is -0.506 e. The van der Waals surface area contributed by atoms with Crippen molar-refractivity contribution < 1.29 is 24.5 Å². The third-order valence-corrected chi connectivity index (χ3v) is 3.99. The first kappa shape index (κ1) is 18.9. The van der Waals surface area contributed by atoms with E-state index in [1.54, 1.807) is 0 Å². The number of amides is 1. The summed E-state index contributed by atoms with van der Waals surface area (Å²) in [6.07, 6.45) is 1.25. The highest BCUT2D eigenvalue weighted by molar-refractivity contribution is 9.10. The second kappa shape index (κ2) is 8.09. The molecule has 0 bridgehead atoms. The van der Waals surface area contributed by atoms with Crippen LogP contribution in [0.2, 0.25) is 5.02 Å². The number of halogens is 2. The number of phenols is 2. The molecule has 0 spiro atoms. The van der Waals surface area contributed by atoms with Crippen LogP contribution in [-0.2, 0) is 0 Å². The molecule has 2 aromatic carbocycles. The van der Waals surface area contributed by atoms with Gasteiger partial charge in [0.1, 0.15) is 5.75 Å². The summed E-state index contributed by atoms with van der Waals surface area (Å²) in [4.78, 5) is 12.2. The third kappa shape index (κ3) is 4.34. The van der Waals surface area contributed by atoms with Gasteiger partial charge in [0.25, 0.3) is 5.91 Å². The first-order chi connectivity index (χ1) is 11.9. The van der Waals surface area contributed by atoms with Gasteiger partial charge in [-0.2, -0.15) is 5.10 Å². The van der Waals surface area contributed by atoms with Crippen LogP contribution >= 0.6 is 27.5 Å². The van der Waals surface area contributed by atoms with E-state index in [4.69, 9.17) is 21.1 Å². The third-order valence-electron chi connectivity index (χ3n) is 3.17. The van der Waals surface area contributed by atoms with E-state index in [0.717, 1.165) is 0 Å². The van der Waals surface area contributed by atoms with Crippen molar-refractivity contribution in [3.63, 3.8) is 0 Å². The van der Waals surface area contributed by atoms with Crippen LogP contribution in [0, 0.1) is 0 Å². The first-order valence-electron chi connectivity index (χ1n) is 6.83. The van der Waals surface area contributed by atoms with Gasteiger partial charge in [0.05, 0.1) is 24.9 Å². The van der Waals surface area contributed by atoms with Crippen LogP contribution in [0.25, 0.3) is 0 Å². The van der Waals surface area contributed by atoms with E-state index in [2.05, 4.69) is 26.5 Å². The number of hydrogen-bond acceptors (Lipinski definition) is 6. The number of aromatic hydroxyl groups is 2. The molecule has 2 rings (SSSR count). The quantitative estimate of drug-likeness (QED) is 0.500. The normalized spacial score (nSPS) is 10.7. The Kier molecular flexibility index (Phi) is 6.11. The number of methoxy groups -OCH3 is 2. The summed E-state index contributed by atoms with van der Waals surface area (Å²) in [5.41, 5.74) is 2.79. The van der Waals surface area contributed by atoms with Crippen LogP contribution in [-0.4, -0.2) is 36.6 Å². The molecule has 0 saturated carbocycles. The smallest absolute Gasteiger partial charge is 0.271 e. The molecule has 0 aromatic heterocycles. The monoisotopic (exact) mass is 428 g/mol. The largest absolute Gasteiger partial charge is 0.506 e. The number of nitrogens with zero attached hydrogens (tertiary/aromatic N) is 1. The summed E-state index contributed by atoms with van der Waals surface area (Å²) in [7, 11) is 2.71. The standard InChI is InChI=1S/C16H14BrClN2O5/c1-24-12-4-8(5-13(25-2)15(12)22)16(23)20-19-7-9-3-10(18)6-11(17)14(9)21/h3-7,21-22H,1-2H3,(H,20,23)/b19-7+. The second-order valence-corrected chi connectivity index (χ2v) is 6.04. The number of phenolic OH excluding ortho intramolecular Hbond substituents is 2. The predicted molar refractivity (Wildman–Crippen MR) is 97.1 cm³/mol. The Morgan fingerprint density at radius 1 is 1.16 bits per heavy atom. The maximum Gasteiger partial charge on any atom is 0.271 e. The maximum atomic E-state index is 12.2. The lowest BCUT2D eigenvalue weighted by Gasteiger charge is -2.10. The molecule has 0 fully saturated rings. The number of carbonyl (C=O) groups is 1. The van der Waals surface area contributed by atoms with Crippen LogP contribution in [0.15, 0.2) is 33.8 Å². The summed E-state index contributed by atoms with van der Waals surface area (Å²) in [6, 6.07) is 5.71. The number of nitrogens with one attached hydrogen (secondary N) is 1. The molecule has 25 heavy (non-hydrogen) atoms. The number of rotatable bonds is 5. The molecular formula is C16H14BrClN2O5. The van der Waals surface area contributed by atoms with Crippen molar-refractivity contribution in [2.45, 2.75) is 0 Å². The summed E-state index contributed by atoms with van der Waals surface area (Å²) in [5, 5.41) is 23.9. The number of benzene rings is 2. The molecule has 0 aliphatic carbocycles. The lowest BCUT2D eigenvalue weighted by atomic mass is 10.1. The maximum absolute atomic E-state index is 12.2. The van der Waals surface area contributed by atoms with Gasteiger partial charge in [-0.3, -0.25) is 4.79 Å². The van der Waals surface area contributed by atoms with Crippen LogP contribution in [0.4, 0.5) is 0 Å². The van der Waals surface area contributed by atoms with E-state index in [9.17, 15) is 15.0 Å². The molecule has 2 aromatic rings. The Labute approximate surface area is 157 Å². The fourth-order valence-electron chi connectivity index (χ4n) is 1.93. The zero-order chi connectivity index (χ0) is 18.6. The van der Waals surface area contributed by atoms with E-state index in [-0.39, 0.29) is 28.6 Å². The zero-order valence-electron chi connectivity index (χ0n) is 13.2. The average molecular weight is 430 g/mol. The van der Waals surface area contributed by atoms with Crippen molar-refractivity contribution in [3.8, 4) is 23.0 Å². The lowest BCUT2D eigenvalue weighted by molar-refractivity contribution is 0.0954. The van der Waals surface area contributed by atoms with E-state index < -0.39 is 5.91 Å². The Bertz CT molecular complexity index is 817. The van der Waals surface area contributed by atoms with Crippen molar-refractivity contribution >= 4 is 39.7 Å². The summed E-state index contributed by atoms with van der Waals surface area (Å²) >= 11 is 9.06. The van der Waals surface area contributed by atoms with E-state index in [1.165, 1.54) is 44.7 Å². The van der Waals surface area contributed by atoms with Gasteiger partial charge in [-0.25, -0.2) is 5.43 Å². The number of carbonyl (C=O) groups excluding carboxylic acids is 1. The van der Waals surface area contributed by atoms with Crippen molar-refractivity contribution in [3.05, 3.63) is 44.9 Å². The topological polar surface area (TPSA) is 100 Å². The summed E-state index contributed by atoms with van der Waals surface area (Å²) in [6.45, 7) is 0. The minimum atomic E-state index is -0.562. The Morgan fingerprint density at radius 2 is 1.76 bits per heavy atom. The average Bonchev–Trinajstić information content (AvgIpc) is 2.59. The van der Waals surface area contributed by atoms with Gasteiger partial charge in [0.2, 0.25) is 5.75 Å². The van der Waals surface area contributed by atoms with E-state index >= 15 is 0 Å². The molecule has 0 unspecified atom stereocenters. The van der Waals surface area contributed by atoms with E-state index in [1.807, 2.05) is 0 Å². The Hall–Kier alpha value is -2.45. The van der Waals surface area contributed by atoms with Crippen molar-refractivity contribution in [2.24, 2.45) is 5.10 Å². The minimum absolute atomic E-state index is 0.0598. The van der Waals surface area contributed by atoms with Crippen molar-refractivity contribution in [1.82, 2.24) is 5.43 Å². The summed E-state index contributed by atoms with van der Waals surface area (Å²) in [5.74, 6) is -0.655. The van der Waals surface area contributed by atoms with E-state index in [0.29, 0.717) is 15.1 Å². The Morgan fingerprint density at radius 3 is 2.32 bits per heavy atom. The lowest BCUT2D eigenvalue weighted by Crippen LogP contribution is -2.17. The fraction of sp³-hybridized carbons (Fsp3) is 0.125. The molecule has 0 saturated heterocycles. The first-order valence-corrected chi connectivity index (χ1v) is 8.00. The molecular weight excluding hydrogens is 416 g/mol. The molecule has 0 radical (unpaired) electrons. The SMILES string of the molecule is COc1cc(C(=O)N/N=C/c2cc(Cl)cc(Br)c2O)cc(OC)c1O. The molecule has 1 amide bonds. The fourth-order valence-corrected chi connectivity index (χ4v) is 2.77. The number of ether oxygens (including phenoxy) is 2. The van der Waals surface area contributed by atoms with Crippen LogP contribution in [0.3, 0.4) is 0 Å². The van der Waals surface area contributed by atoms with Crippen molar-refractivity contribution in [2.75, 3.05) is 14.2 Å². The van der Waals surface area contributed by atoms with Gasteiger partial charge in [-0.1, -0.05) is 11.6 Å². The molecule has 7 nitrogen and oxygen atoms in total. The molecule has 0 aliphatic heterocycles.